The Balaban J connectivity index is 1.93. The van der Waals surface area contributed by atoms with Crippen LogP contribution in [-0.4, -0.2) is 39.5 Å². The molecule has 112 valence electrons. The van der Waals surface area contributed by atoms with Crippen LogP contribution in [0.25, 0.3) is 0 Å². The van der Waals surface area contributed by atoms with Gasteiger partial charge in [-0.3, -0.25) is 0 Å². The monoisotopic (exact) mass is 297 g/mol. The second kappa shape index (κ2) is 6.67. The Hall–Kier alpha value is -0.950. The van der Waals surface area contributed by atoms with Crippen LogP contribution in [0.4, 0.5) is 0 Å². The van der Waals surface area contributed by atoms with Crippen LogP contribution in [0.1, 0.15) is 24.8 Å². The molecule has 1 aliphatic rings. The minimum atomic E-state index is -3.43. The van der Waals surface area contributed by atoms with Crippen molar-refractivity contribution < 1.29 is 8.42 Å². The summed E-state index contributed by atoms with van der Waals surface area (Å²) < 4.78 is 27.1. The molecule has 0 saturated carbocycles. The van der Waals surface area contributed by atoms with E-state index in [0.717, 1.165) is 24.9 Å². The van der Waals surface area contributed by atoms with Crippen LogP contribution in [0.3, 0.4) is 0 Å². The van der Waals surface area contributed by atoms with E-state index < -0.39 is 10.0 Å². The van der Waals surface area contributed by atoms with E-state index in [-0.39, 0.29) is 0 Å². The van der Waals surface area contributed by atoms with Crippen molar-refractivity contribution in [2.75, 3.05) is 20.1 Å². The summed E-state index contributed by atoms with van der Waals surface area (Å²) >= 11 is 0. The summed E-state index contributed by atoms with van der Waals surface area (Å²) in [4.78, 5) is 2.59. The van der Waals surface area contributed by atoms with Gasteiger partial charge in [0.15, 0.2) is 0 Å². The van der Waals surface area contributed by atoms with E-state index >= 15 is 0 Å². The number of nitrogens with zero attached hydrogens (tertiary/aromatic N) is 1. The summed E-state index contributed by atoms with van der Waals surface area (Å²) in [5.41, 5.74) is 6.36. The lowest BCUT2D eigenvalue weighted by Gasteiger charge is -2.19. The van der Waals surface area contributed by atoms with Gasteiger partial charge in [0.2, 0.25) is 10.0 Å². The molecule has 0 amide bonds. The number of sulfonamides is 1. The molecule has 0 radical (unpaired) electrons. The van der Waals surface area contributed by atoms with Crippen molar-refractivity contribution in [2.24, 2.45) is 5.73 Å². The normalized spacial score (nSPS) is 20.4. The molecule has 1 saturated heterocycles. The van der Waals surface area contributed by atoms with Gasteiger partial charge in [0.25, 0.3) is 0 Å². The highest BCUT2D eigenvalue weighted by molar-refractivity contribution is 7.89. The molecule has 1 atom stereocenters. The zero-order valence-corrected chi connectivity index (χ0v) is 12.7. The predicted octanol–water partition coefficient (Wildman–Crippen LogP) is 0.908. The number of rotatable bonds is 6. The first-order valence-corrected chi connectivity index (χ1v) is 8.50. The molecule has 1 unspecified atom stereocenters. The Morgan fingerprint density at radius 3 is 2.90 bits per heavy atom. The molecule has 0 aliphatic carbocycles. The molecule has 3 N–H and O–H groups in total. The summed E-state index contributed by atoms with van der Waals surface area (Å²) in [6, 6.07) is 7.27. The standard InChI is InChI=1S/C14H23N3O2S/c1-17-9-3-5-13(17)7-8-16-20(18,19)14-6-2-4-12(10-14)11-15/h2,4,6,10,13,16H,3,5,7-9,11,15H2,1H3. The second-order valence-electron chi connectivity index (χ2n) is 5.31. The Kier molecular flexibility index (Phi) is 5.15. The topological polar surface area (TPSA) is 75.4 Å². The van der Waals surface area contributed by atoms with Crippen molar-refractivity contribution in [1.82, 2.24) is 9.62 Å². The summed E-state index contributed by atoms with van der Waals surface area (Å²) in [6.07, 6.45) is 3.21. The average molecular weight is 297 g/mol. The van der Waals surface area contributed by atoms with Gasteiger partial charge in [-0.2, -0.15) is 0 Å². The van der Waals surface area contributed by atoms with Gasteiger partial charge >= 0.3 is 0 Å². The maximum atomic E-state index is 12.2. The molecule has 1 aromatic carbocycles. The van der Waals surface area contributed by atoms with Gasteiger partial charge in [-0.1, -0.05) is 12.1 Å². The van der Waals surface area contributed by atoms with Gasteiger partial charge in [-0.05, 0) is 50.6 Å². The SMILES string of the molecule is CN1CCCC1CCNS(=O)(=O)c1cccc(CN)c1. The Bertz CT molecular complexity index is 545. The van der Waals surface area contributed by atoms with Crippen LogP contribution in [0.2, 0.25) is 0 Å². The average Bonchev–Trinajstić information content (AvgIpc) is 2.84. The number of nitrogens with one attached hydrogen (secondary N) is 1. The van der Waals surface area contributed by atoms with Gasteiger partial charge in [0.05, 0.1) is 4.90 Å². The van der Waals surface area contributed by atoms with E-state index in [1.165, 1.54) is 6.42 Å². The number of likely N-dealkylation sites (tertiary alicyclic amines) is 1. The summed E-state index contributed by atoms with van der Waals surface area (Å²) in [7, 11) is -1.33. The highest BCUT2D eigenvalue weighted by atomic mass is 32.2. The third-order valence-electron chi connectivity index (χ3n) is 3.89. The van der Waals surface area contributed by atoms with E-state index in [1.54, 1.807) is 18.2 Å². The van der Waals surface area contributed by atoms with Crippen LogP contribution < -0.4 is 10.5 Å². The van der Waals surface area contributed by atoms with Crippen molar-refractivity contribution in [3.63, 3.8) is 0 Å². The molecule has 5 nitrogen and oxygen atoms in total. The molecule has 0 bridgehead atoms. The number of benzene rings is 1. The molecule has 6 heteroatoms. The molecule has 0 spiro atoms. The number of hydrogen-bond donors (Lipinski definition) is 2. The molecule has 2 rings (SSSR count). The van der Waals surface area contributed by atoms with Crippen LogP contribution in [0, 0.1) is 0 Å². The molecular weight excluding hydrogens is 274 g/mol. The zero-order valence-electron chi connectivity index (χ0n) is 11.9. The summed E-state index contributed by atoms with van der Waals surface area (Å²) in [5, 5.41) is 0. The van der Waals surface area contributed by atoms with E-state index in [1.807, 2.05) is 6.07 Å². The minimum Gasteiger partial charge on any atom is -0.326 e. The van der Waals surface area contributed by atoms with Crippen molar-refractivity contribution in [2.45, 2.75) is 36.7 Å². The lowest BCUT2D eigenvalue weighted by Crippen LogP contribution is -2.31. The first-order valence-electron chi connectivity index (χ1n) is 7.02. The highest BCUT2D eigenvalue weighted by Crippen LogP contribution is 2.17. The largest absolute Gasteiger partial charge is 0.326 e. The molecule has 20 heavy (non-hydrogen) atoms. The van der Waals surface area contributed by atoms with Crippen LogP contribution in [-0.2, 0) is 16.6 Å². The second-order valence-corrected chi connectivity index (χ2v) is 7.08. The van der Waals surface area contributed by atoms with Gasteiger partial charge in [0, 0.05) is 19.1 Å². The first kappa shape index (κ1) is 15.4. The third kappa shape index (κ3) is 3.79. The van der Waals surface area contributed by atoms with Gasteiger partial charge in [-0.15, -0.1) is 0 Å². The van der Waals surface area contributed by atoms with Gasteiger partial charge < -0.3 is 10.6 Å². The summed E-state index contributed by atoms with van der Waals surface area (Å²) in [5.74, 6) is 0. The third-order valence-corrected chi connectivity index (χ3v) is 5.34. The Morgan fingerprint density at radius 2 is 2.25 bits per heavy atom. The first-order chi connectivity index (χ1) is 9.53. The van der Waals surface area contributed by atoms with E-state index in [0.29, 0.717) is 24.0 Å². The van der Waals surface area contributed by atoms with Crippen molar-refractivity contribution >= 4 is 10.0 Å². The van der Waals surface area contributed by atoms with Crippen LogP contribution in [0.15, 0.2) is 29.2 Å². The molecule has 0 aromatic heterocycles. The molecule has 1 heterocycles. The maximum absolute atomic E-state index is 12.2. The van der Waals surface area contributed by atoms with Gasteiger partial charge in [-0.25, -0.2) is 13.1 Å². The smallest absolute Gasteiger partial charge is 0.240 e. The molecule has 1 fully saturated rings. The minimum absolute atomic E-state index is 0.292. The fraction of sp³-hybridized carbons (Fsp3) is 0.571. The molecular formula is C14H23N3O2S. The Morgan fingerprint density at radius 1 is 1.45 bits per heavy atom. The van der Waals surface area contributed by atoms with Crippen LogP contribution >= 0.6 is 0 Å². The Labute approximate surface area is 121 Å². The van der Waals surface area contributed by atoms with Crippen molar-refractivity contribution in [1.29, 1.82) is 0 Å². The fourth-order valence-corrected chi connectivity index (χ4v) is 3.74. The van der Waals surface area contributed by atoms with Crippen molar-refractivity contribution in [3.8, 4) is 0 Å². The highest BCUT2D eigenvalue weighted by Gasteiger charge is 2.21. The molecule has 1 aromatic rings. The maximum Gasteiger partial charge on any atom is 0.240 e. The van der Waals surface area contributed by atoms with E-state index in [9.17, 15) is 8.42 Å². The van der Waals surface area contributed by atoms with E-state index in [2.05, 4.69) is 16.7 Å². The number of hydrogen-bond acceptors (Lipinski definition) is 4. The predicted molar refractivity (Wildman–Crippen MR) is 79.8 cm³/mol. The summed E-state index contributed by atoms with van der Waals surface area (Å²) in [6.45, 7) is 1.93. The quantitative estimate of drug-likeness (QED) is 0.818. The number of nitrogens with two attached hydrogens (primary N) is 1. The lowest BCUT2D eigenvalue weighted by atomic mass is 10.1. The fourth-order valence-electron chi connectivity index (χ4n) is 2.63. The van der Waals surface area contributed by atoms with Crippen molar-refractivity contribution in [3.05, 3.63) is 29.8 Å². The van der Waals surface area contributed by atoms with E-state index in [4.69, 9.17) is 5.73 Å². The zero-order chi connectivity index (χ0) is 14.6. The van der Waals surface area contributed by atoms with Gasteiger partial charge in [0.1, 0.15) is 0 Å². The lowest BCUT2D eigenvalue weighted by molar-refractivity contribution is 0.297. The molecule has 1 aliphatic heterocycles. The van der Waals surface area contributed by atoms with Crippen LogP contribution in [0.5, 0.6) is 0 Å².